The fraction of sp³-hybridized carbons (Fsp3) is 1.00. The molecule has 2 nitrogen and oxygen atoms in total. The van der Waals surface area contributed by atoms with Crippen LogP contribution in [0.1, 0.15) is 6.92 Å². The zero-order chi connectivity index (χ0) is 5.70. The van der Waals surface area contributed by atoms with Gasteiger partial charge in [-0.1, -0.05) is 8.58 Å². The van der Waals surface area contributed by atoms with Gasteiger partial charge in [-0.2, -0.15) is 0 Å². The summed E-state index contributed by atoms with van der Waals surface area (Å²) in [5, 5.41) is 8.47. The van der Waals surface area contributed by atoms with E-state index < -0.39 is 6.29 Å². The van der Waals surface area contributed by atoms with Crippen LogP contribution in [0, 0.1) is 0 Å². The predicted molar refractivity (Wildman–Crippen MR) is 31.9 cm³/mol. The number of hydrogen-bond donors (Lipinski definition) is 1. The second kappa shape index (κ2) is 4.51. The van der Waals surface area contributed by atoms with E-state index in [1.807, 2.05) is 6.66 Å². The van der Waals surface area contributed by atoms with Gasteiger partial charge in [0.05, 0.1) is 6.35 Å². The Morgan fingerprint density at radius 3 is 2.57 bits per heavy atom. The van der Waals surface area contributed by atoms with Gasteiger partial charge >= 0.3 is 0 Å². The zero-order valence-electron chi connectivity index (χ0n) is 4.64. The lowest BCUT2D eigenvalue weighted by molar-refractivity contribution is -0.0660. The van der Waals surface area contributed by atoms with Crippen molar-refractivity contribution < 1.29 is 9.84 Å². The van der Waals surface area contributed by atoms with Gasteiger partial charge < -0.3 is 9.84 Å². The lowest BCUT2D eigenvalue weighted by Gasteiger charge is -2.02. The molecule has 0 amide bonds. The molecule has 0 fully saturated rings. The van der Waals surface area contributed by atoms with Crippen molar-refractivity contribution >= 4 is 8.58 Å². The monoisotopic (exact) mass is 122 g/mol. The largest absolute Gasteiger partial charge is 0.368 e. The second-order valence-corrected chi connectivity index (χ2v) is 2.26. The highest BCUT2D eigenvalue weighted by Gasteiger charge is 1.88. The Bertz CT molecular complexity index is 38.7. The highest BCUT2D eigenvalue weighted by Crippen LogP contribution is 2.01. The van der Waals surface area contributed by atoms with Gasteiger partial charge in [0.2, 0.25) is 0 Å². The van der Waals surface area contributed by atoms with Gasteiger partial charge in [-0.3, -0.25) is 0 Å². The third kappa shape index (κ3) is 6.35. The van der Waals surface area contributed by atoms with E-state index in [-0.39, 0.29) is 0 Å². The Balaban J connectivity index is 2.68. The van der Waals surface area contributed by atoms with Crippen LogP contribution in [0.5, 0.6) is 0 Å². The smallest absolute Gasteiger partial charge is 0.152 e. The summed E-state index contributed by atoms with van der Waals surface area (Å²) in [6.45, 7) is 3.64. The quantitative estimate of drug-likeness (QED) is 0.439. The summed E-state index contributed by atoms with van der Waals surface area (Å²) in [5.41, 5.74) is 0. The molecule has 0 rings (SSSR count). The van der Waals surface area contributed by atoms with Crippen LogP contribution in [0.4, 0.5) is 0 Å². The normalized spacial score (nSPS) is 15.9. The SMILES string of the molecule is CPCOC(C)O. The maximum absolute atomic E-state index is 8.47. The summed E-state index contributed by atoms with van der Waals surface area (Å²) in [4.78, 5) is 0. The summed E-state index contributed by atoms with van der Waals surface area (Å²) < 4.78 is 4.76. The third-order valence-corrected chi connectivity index (χ3v) is 0.924. The Morgan fingerprint density at radius 2 is 2.43 bits per heavy atom. The van der Waals surface area contributed by atoms with E-state index >= 15 is 0 Å². The molecule has 0 aliphatic rings. The molecule has 2 unspecified atom stereocenters. The van der Waals surface area contributed by atoms with Crippen LogP contribution < -0.4 is 0 Å². The molecule has 2 atom stereocenters. The van der Waals surface area contributed by atoms with E-state index in [9.17, 15) is 0 Å². The van der Waals surface area contributed by atoms with Gasteiger partial charge in [0.25, 0.3) is 0 Å². The maximum atomic E-state index is 8.47. The molecular formula is C4H11O2P. The van der Waals surface area contributed by atoms with Crippen molar-refractivity contribution in [3.8, 4) is 0 Å². The minimum atomic E-state index is -0.590. The Morgan fingerprint density at radius 1 is 1.86 bits per heavy atom. The molecule has 44 valence electrons. The lowest BCUT2D eigenvalue weighted by Crippen LogP contribution is -2.03. The highest BCUT2D eigenvalue weighted by atomic mass is 31.1. The third-order valence-electron chi connectivity index (χ3n) is 0.469. The predicted octanol–water partition coefficient (Wildman–Crippen LogP) is 0.607. The molecule has 0 spiro atoms. The van der Waals surface area contributed by atoms with E-state index in [1.165, 1.54) is 0 Å². The lowest BCUT2D eigenvalue weighted by atomic mass is 10.8. The number of hydrogen-bond acceptors (Lipinski definition) is 2. The first kappa shape index (κ1) is 7.35. The summed E-state index contributed by atoms with van der Waals surface area (Å²) >= 11 is 0. The van der Waals surface area contributed by atoms with Crippen molar-refractivity contribution in [1.82, 2.24) is 0 Å². The first-order chi connectivity index (χ1) is 3.27. The molecule has 0 aromatic rings. The number of rotatable bonds is 3. The second-order valence-electron chi connectivity index (χ2n) is 1.26. The minimum Gasteiger partial charge on any atom is -0.368 e. The first-order valence-electron chi connectivity index (χ1n) is 2.21. The van der Waals surface area contributed by atoms with E-state index in [0.717, 1.165) is 8.58 Å². The standard InChI is InChI=1S/C4H11O2P/c1-4(5)6-3-7-2/h4-5,7H,3H2,1-2H3. The molecule has 3 heteroatoms. The van der Waals surface area contributed by atoms with Crippen molar-refractivity contribution in [2.45, 2.75) is 13.2 Å². The summed E-state index contributed by atoms with van der Waals surface area (Å²) in [5.74, 6) is 0. The molecule has 0 heterocycles. The fourth-order valence-electron chi connectivity index (χ4n) is 0.204. The molecule has 0 aromatic carbocycles. The molecule has 1 N–H and O–H groups in total. The topological polar surface area (TPSA) is 29.5 Å². The van der Waals surface area contributed by atoms with E-state index in [0.29, 0.717) is 6.35 Å². The van der Waals surface area contributed by atoms with Crippen molar-refractivity contribution in [1.29, 1.82) is 0 Å². The minimum absolute atomic E-state index is 0.590. The van der Waals surface area contributed by atoms with Crippen molar-refractivity contribution in [2.24, 2.45) is 0 Å². The first-order valence-corrected chi connectivity index (χ1v) is 3.92. The van der Waals surface area contributed by atoms with Crippen LogP contribution in [0.3, 0.4) is 0 Å². The summed E-state index contributed by atoms with van der Waals surface area (Å²) in [6.07, 6.45) is 0.0879. The van der Waals surface area contributed by atoms with Gasteiger partial charge in [0.1, 0.15) is 0 Å². The van der Waals surface area contributed by atoms with E-state index in [1.54, 1.807) is 6.92 Å². The Kier molecular flexibility index (Phi) is 4.73. The summed E-state index contributed by atoms with van der Waals surface area (Å²) in [7, 11) is 0.768. The Hall–Kier alpha value is 0.350. The average molecular weight is 122 g/mol. The molecule has 0 aromatic heterocycles. The molecule has 7 heavy (non-hydrogen) atoms. The van der Waals surface area contributed by atoms with Crippen LogP contribution in [-0.4, -0.2) is 24.4 Å². The van der Waals surface area contributed by atoms with Crippen molar-refractivity contribution in [3.63, 3.8) is 0 Å². The van der Waals surface area contributed by atoms with Crippen LogP contribution >= 0.6 is 8.58 Å². The van der Waals surface area contributed by atoms with Crippen LogP contribution in [0.15, 0.2) is 0 Å². The van der Waals surface area contributed by atoms with Crippen molar-refractivity contribution in [2.75, 3.05) is 13.0 Å². The zero-order valence-corrected chi connectivity index (χ0v) is 5.64. The number of aliphatic hydroxyl groups excluding tert-OH is 1. The van der Waals surface area contributed by atoms with Crippen LogP contribution in [0.25, 0.3) is 0 Å². The molecule has 0 bridgehead atoms. The maximum Gasteiger partial charge on any atom is 0.152 e. The van der Waals surface area contributed by atoms with E-state index in [2.05, 4.69) is 0 Å². The highest BCUT2D eigenvalue weighted by molar-refractivity contribution is 7.36. The van der Waals surface area contributed by atoms with E-state index in [4.69, 9.17) is 9.84 Å². The molecule has 0 aliphatic carbocycles. The van der Waals surface area contributed by atoms with Crippen LogP contribution in [-0.2, 0) is 4.74 Å². The fourth-order valence-corrected chi connectivity index (χ4v) is 0.612. The van der Waals surface area contributed by atoms with Gasteiger partial charge in [0, 0.05) is 0 Å². The van der Waals surface area contributed by atoms with Gasteiger partial charge in [-0.05, 0) is 13.6 Å². The molecule has 0 aliphatic heterocycles. The average Bonchev–Trinajstić information content (AvgIpc) is 1.61. The molecule has 0 saturated carbocycles. The number of aliphatic hydroxyl groups is 1. The number of ether oxygens (including phenoxy) is 1. The molecule has 0 radical (unpaired) electrons. The molecular weight excluding hydrogens is 111 g/mol. The van der Waals surface area contributed by atoms with Gasteiger partial charge in [-0.25, -0.2) is 0 Å². The van der Waals surface area contributed by atoms with Gasteiger partial charge in [0.15, 0.2) is 6.29 Å². The Labute approximate surface area is 45.7 Å². The van der Waals surface area contributed by atoms with Crippen LogP contribution in [0.2, 0.25) is 0 Å². The van der Waals surface area contributed by atoms with Gasteiger partial charge in [-0.15, -0.1) is 0 Å². The van der Waals surface area contributed by atoms with Crippen molar-refractivity contribution in [3.05, 3.63) is 0 Å². The summed E-state index contributed by atoms with van der Waals surface area (Å²) in [6, 6.07) is 0. The molecule has 0 saturated heterocycles.